The minimum absolute atomic E-state index is 0.0915. The standard InChI is InChI=1S/C10H11NO3/c1-7(10(13)14)11-6-8-4-2-3-5-9(8)12/h2-7,12H,1H3,(H,13,14). The predicted molar refractivity (Wildman–Crippen MR) is 52.8 cm³/mol. The second kappa shape index (κ2) is 4.41. The van der Waals surface area contributed by atoms with Gasteiger partial charge in [-0.15, -0.1) is 0 Å². The molecule has 0 saturated heterocycles. The van der Waals surface area contributed by atoms with Gasteiger partial charge in [0.25, 0.3) is 0 Å². The lowest BCUT2D eigenvalue weighted by atomic mass is 10.2. The van der Waals surface area contributed by atoms with Crippen molar-refractivity contribution >= 4 is 12.2 Å². The predicted octanol–water partition coefficient (Wildman–Crippen LogP) is 1.28. The van der Waals surface area contributed by atoms with Gasteiger partial charge in [0.1, 0.15) is 11.8 Å². The second-order valence-corrected chi connectivity index (χ2v) is 2.85. The highest BCUT2D eigenvalue weighted by Crippen LogP contribution is 2.12. The zero-order chi connectivity index (χ0) is 10.6. The number of aliphatic imine (C=N–C) groups is 1. The van der Waals surface area contributed by atoms with Gasteiger partial charge >= 0.3 is 5.97 Å². The lowest BCUT2D eigenvalue weighted by Crippen LogP contribution is -2.13. The molecule has 1 rings (SSSR count). The Balaban J connectivity index is 2.78. The number of carbonyl (C=O) groups is 1. The number of hydrogen-bond acceptors (Lipinski definition) is 3. The quantitative estimate of drug-likeness (QED) is 0.710. The van der Waals surface area contributed by atoms with Crippen molar-refractivity contribution in [1.29, 1.82) is 0 Å². The van der Waals surface area contributed by atoms with Crippen molar-refractivity contribution in [2.24, 2.45) is 4.99 Å². The Morgan fingerprint density at radius 3 is 2.71 bits per heavy atom. The van der Waals surface area contributed by atoms with Gasteiger partial charge in [-0.2, -0.15) is 0 Å². The van der Waals surface area contributed by atoms with E-state index >= 15 is 0 Å². The molecule has 1 unspecified atom stereocenters. The zero-order valence-electron chi connectivity index (χ0n) is 7.71. The fourth-order valence-corrected chi connectivity index (χ4v) is 0.853. The molecule has 14 heavy (non-hydrogen) atoms. The van der Waals surface area contributed by atoms with E-state index in [9.17, 15) is 9.90 Å². The lowest BCUT2D eigenvalue weighted by molar-refractivity contribution is -0.137. The summed E-state index contributed by atoms with van der Waals surface area (Å²) in [5.74, 6) is -0.898. The number of rotatable bonds is 3. The molecule has 0 aromatic heterocycles. The molecular formula is C10H11NO3. The first kappa shape index (κ1) is 10.2. The molecule has 2 N–H and O–H groups in total. The average Bonchev–Trinajstić information content (AvgIpc) is 2.16. The van der Waals surface area contributed by atoms with Crippen LogP contribution >= 0.6 is 0 Å². The topological polar surface area (TPSA) is 69.9 Å². The summed E-state index contributed by atoms with van der Waals surface area (Å²) in [7, 11) is 0. The van der Waals surface area contributed by atoms with E-state index in [0.29, 0.717) is 5.56 Å². The van der Waals surface area contributed by atoms with E-state index in [4.69, 9.17) is 5.11 Å². The smallest absolute Gasteiger partial charge is 0.328 e. The molecule has 0 fully saturated rings. The number of aliphatic carboxylic acids is 1. The summed E-state index contributed by atoms with van der Waals surface area (Å²) in [6, 6.07) is 5.81. The first-order valence-corrected chi connectivity index (χ1v) is 4.15. The van der Waals surface area contributed by atoms with Crippen molar-refractivity contribution in [1.82, 2.24) is 0 Å². The van der Waals surface area contributed by atoms with E-state index in [1.165, 1.54) is 19.2 Å². The molecule has 0 saturated carbocycles. The monoisotopic (exact) mass is 193 g/mol. The Labute approximate surface area is 81.5 Å². The number of para-hydroxylation sites is 1. The number of aromatic hydroxyl groups is 1. The van der Waals surface area contributed by atoms with Crippen LogP contribution in [0.25, 0.3) is 0 Å². The lowest BCUT2D eigenvalue weighted by Gasteiger charge is -1.99. The Hall–Kier alpha value is -1.84. The number of phenols is 1. The van der Waals surface area contributed by atoms with Crippen molar-refractivity contribution in [3.05, 3.63) is 29.8 Å². The number of carboxylic acids is 1. The molecule has 0 heterocycles. The molecule has 74 valence electrons. The minimum atomic E-state index is -0.989. The van der Waals surface area contributed by atoms with Crippen LogP contribution in [0.2, 0.25) is 0 Å². The van der Waals surface area contributed by atoms with Gasteiger partial charge in [0.15, 0.2) is 0 Å². The second-order valence-electron chi connectivity index (χ2n) is 2.85. The average molecular weight is 193 g/mol. The van der Waals surface area contributed by atoms with E-state index in [1.807, 2.05) is 0 Å². The van der Waals surface area contributed by atoms with Gasteiger partial charge in [0.05, 0.1) is 0 Å². The summed E-state index contributed by atoms with van der Waals surface area (Å²) in [4.78, 5) is 14.2. The highest BCUT2D eigenvalue weighted by molar-refractivity contribution is 5.85. The van der Waals surface area contributed by atoms with Crippen LogP contribution in [0.4, 0.5) is 0 Å². The maximum atomic E-state index is 10.4. The molecule has 0 amide bonds. The summed E-state index contributed by atoms with van der Waals surface area (Å²) in [5, 5.41) is 17.9. The van der Waals surface area contributed by atoms with Gasteiger partial charge in [-0.05, 0) is 19.1 Å². The molecule has 4 nitrogen and oxygen atoms in total. The molecule has 0 spiro atoms. The highest BCUT2D eigenvalue weighted by atomic mass is 16.4. The molecular weight excluding hydrogens is 182 g/mol. The summed E-state index contributed by atoms with van der Waals surface area (Å²) < 4.78 is 0. The van der Waals surface area contributed by atoms with Gasteiger partial charge < -0.3 is 10.2 Å². The highest BCUT2D eigenvalue weighted by Gasteiger charge is 2.06. The molecule has 0 radical (unpaired) electrons. The van der Waals surface area contributed by atoms with Crippen molar-refractivity contribution in [3.8, 4) is 5.75 Å². The van der Waals surface area contributed by atoms with Gasteiger partial charge in [-0.25, -0.2) is 4.79 Å². The molecule has 0 aliphatic rings. The number of hydrogen-bond donors (Lipinski definition) is 2. The summed E-state index contributed by atoms with van der Waals surface area (Å²) in [5.41, 5.74) is 0.514. The van der Waals surface area contributed by atoms with Crippen LogP contribution in [0.15, 0.2) is 29.3 Å². The number of carboxylic acid groups (broad SMARTS) is 1. The zero-order valence-corrected chi connectivity index (χ0v) is 7.71. The SMILES string of the molecule is CC(N=Cc1ccccc1O)C(=O)O. The van der Waals surface area contributed by atoms with Crippen LogP contribution in [0.1, 0.15) is 12.5 Å². The normalized spacial score (nSPS) is 12.9. The van der Waals surface area contributed by atoms with Gasteiger partial charge in [0, 0.05) is 11.8 Å². The van der Waals surface area contributed by atoms with E-state index in [2.05, 4.69) is 4.99 Å². The minimum Gasteiger partial charge on any atom is -0.507 e. The number of benzene rings is 1. The number of nitrogens with zero attached hydrogens (tertiary/aromatic N) is 1. The first-order chi connectivity index (χ1) is 6.61. The van der Waals surface area contributed by atoms with Gasteiger partial charge in [-0.3, -0.25) is 4.99 Å². The maximum Gasteiger partial charge on any atom is 0.328 e. The van der Waals surface area contributed by atoms with Gasteiger partial charge in [0.2, 0.25) is 0 Å². The maximum absolute atomic E-state index is 10.4. The largest absolute Gasteiger partial charge is 0.507 e. The third kappa shape index (κ3) is 2.58. The molecule has 0 aliphatic heterocycles. The molecule has 1 atom stereocenters. The third-order valence-electron chi connectivity index (χ3n) is 1.73. The molecule has 1 aromatic carbocycles. The van der Waals surface area contributed by atoms with E-state index in [0.717, 1.165) is 0 Å². The van der Waals surface area contributed by atoms with E-state index < -0.39 is 12.0 Å². The van der Waals surface area contributed by atoms with Crippen molar-refractivity contribution in [2.45, 2.75) is 13.0 Å². The third-order valence-corrected chi connectivity index (χ3v) is 1.73. The first-order valence-electron chi connectivity index (χ1n) is 4.15. The Morgan fingerprint density at radius 2 is 2.14 bits per heavy atom. The molecule has 0 aliphatic carbocycles. The van der Waals surface area contributed by atoms with E-state index in [-0.39, 0.29) is 5.75 Å². The molecule has 0 bridgehead atoms. The van der Waals surface area contributed by atoms with Crippen molar-refractivity contribution in [2.75, 3.05) is 0 Å². The van der Waals surface area contributed by atoms with Crippen LogP contribution in [-0.4, -0.2) is 28.4 Å². The number of phenolic OH excluding ortho intramolecular Hbond substituents is 1. The molecule has 4 heteroatoms. The fraction of sp³-hybridized carbons (Fsp3) is 0.200. The van der Waals surface area contributed by atoms with Crippen LogP contribution in [0.5, 0.6) is 5.75 Å². The summed E-state index contributed by atoms with van der Waals surface area (Å²) >= 11 is 0. The Kier molecular flexibility index (Phi) is 3.23. The molecule has 1 aromatic rings. The van der Waals surface area contributed by atoms with Crippen molar-refractivity contribution < 1.29 is 15.0 Å². The van der Waals surface area contributed by atoms with Crippen LogP contribution in [0.3, 0.4) is 0 Å². The van der Waals surface area contributed by atoms with Crippen LogP contribution in [0, 0.1) is 0 Å². The van der Waals surface area contributed by atoms with Crippen molar-refractivity contribution in [3.63, 3.8) is 0 Å². The Bertz CT molecular complexity index is 360. The van der Waals surface area contributed by atoms with Crippen LogP contribution in [-0.2, 0) is 4.79 Å². The van der Waals surface area contributed by atoms with Crippen LogP contribution < -0.4 is 0 Å². The fourth-order valence-electron chi connectivity index (χ4n) is 0.853. The summed E-state index contributed by atoms with van der Waals surface area (Å²) in [6.45, 7) is 1.47. The van der Waals surface area contributed by atoms with Gasteiger partial charge in [-0.1, -0.05) is 12.1 Å². The summed E-state index contributed by atoms with van der Waals surface area (Å²) in [6.07, 6.45) is 1.36. The van der Waals surface area contributed by atoms with E-state index in [1.54, 1.807) is 18.2 Å². The Morgan fingerprint density at radius 1 is 1.50 bits per heavy atom.